The normalized spacial score (nSPS) is 19.4. The van der Waals surface area contributed by atoms with E-state index in [1.54, 1.807) is 7.11 Å². The second kappa shape index (κ2) is 5.94. The molecule has 1 saturated heterocycles. The van der Waals surface area contributed by atoms with E-state index in [0.717, 1.165) is 28.8 Å². The molecular formula is C12H14BrClO3. The average molecular weight is 322 g/mol. The first-order valence-corrected chi connectivity index (χ1v) is 6.74. The van der Waals surface area contributed by atoms with Crippen LogP contribution in [0.4, 0.5) is 0 Å². The van der Waals surface area contributed by atoms with Crippen LogP contribution < -0.4 is 9.47 Å². The molecule has 94 valence electrons. The largest absolute Gasteiger partial charge is 0.493 e. The summed E-state index contributed by atoms with van der Waals surface area (Å²) in [4.78, 5) is 0. The van der Waals surface area contributed by atoms with Crippen LogP contribution in [0.3, 0.4) is 0 Å². The highest BCUT2D eigenvalue weighted by Crippen LogP contribution is 2.38. The van der Waals surface area contributed by atoms with Crippen molar-refractivity contribution in [3.05, 3.63) is 22.2 Å². The Morgan fingerprint density at radius 1 is 1.53 bits per heavy atom. The smallest absolute Gasteiger partial charge is 0.175 e. The maximum absolute atomic E-state index is 5.89. The minimum absolute atomic E-state index is 0.0991. The molecule has 0 amide bonds. The van der Waals surface area contributed by atoms with Crippen molar-refractivity contribution in [1.29, 1.82) is 0 Å². The van der Waals surface area contributed by atoms with Crippen LogP contribution in [0, 0.1) is 0 Å². The van der Waals surface area contributed by atoms with E-state index in [2.05, 4.69) is 15.9 Å². The van der Waals surface area contributed by atoms with Crippen molar-refractivity contribution >= 4 is 27.5 Å². The monoisotopic (exact) mass is 320 g/mol. The molecular weight excluding hydrogens is 307 g/mol. The van der Waals surface area contributed by atoms with Crippen molar-refractivity contribution in [2.75, 3.05) is 20.3 Å². The highest BCUT2D eigenvalue weighted by molar-refractivity contribution is 9.10. The van der Waals surface area contributed by atoms with Gasteiger partial charge in [0.2, 0.25) is 0 Å². The minimum Gasteiger partial charge on any atom is -0.493 e. The topological polar surface area (TPSA) is 27.7 Å². The van der Waals surface area contributed by atoms with Crippen LogP contribution in [-0.4, -0.2) is 26.4 Å². The maximum Gasteiger partial charge on any atom is 0.175 e. The van der Waals surface area contributed by atoms with E-state index >= 15 is 0 Å². The van der Waals surface area contributed by atoms with E-state index in [-0.39, 0.29) is 6.10 Å². The predicted octanol–water partition coefficient (Wildman–Crippen LogP) is 3.36. The summed E-state index contributed by atoms with van der Waals surface area (Å²) in [5.41, 5.74) is 0.991. The zero-order valence-electron chi connectivity index (χ0n) is 9.54. The molecule has 1 heterocycles. The molecule has 1 atom stereocenters. The molecule has 0 N–H and O–H groups in total. The van der Waals surface area contributed by atoms with Crippen molar-refractivity contribution in [3.8, 4) is 11.5 Å². The van der Waals surface area contributed by atoms with Crippen molar-refractivity contribution in [2.45, 2.75) is 18.4 Å². The van der Waals surface area contributed by atoms with Gasteiger partial charge in [-0.05, 0) is 33.6 Å². The Morgan fingerprint density at radius 3 is 2.94 bits per heavy atom. The van der Waals surface area contributed by atoms with Crippen molar-refractivity contribution in [3.63, 3.8) is 0 Å². The number of halogens is 2. The predicted molar refractivity (Wildman–Crippen MR) is 70.1 cm³/mol. The van der Waals surface area contributed by atoms with E-state index in [1.165, 1.54) is 0 Å². The minimum atomic E-state index is 0.0991. The lowest BCUT2D eigenvalue weighted by Crippen LogP contribution is -2.16. The van der Waals surface area contributed by atoms with Gasteiger partial charge in [-0.2, -0.15) is 0 Å². The fraction of sp³-hybridized carbons (Fsp3) is 0.500. The lowest BCUT2D eigenvalue weighted by atomic mass is 10.2. The second-order valence-electron chi connectivity index (χ2n) is 3.85. The Hall–Kier alpha value is -0.450. The summed E-state index contributed by atoms with van der Waals surface area (Å²) in [5, 5.41) is 0. The summed E-state index contributed by atoms with van der Waals surface area (Å²) in [7, 11) is 1.62. The number of hydrogen-bond donors (Lipinski definition) is 0. The number of hydrogen-bond acceptors (Lipinski definition) is 3. The maximum atomic E-state index is 5.89. The zero-order chi connectivity index (χ0) is 12.3. The van der Waals surface area contributed by atoms with Gasteiger partial charge < -0.3 is 14.2 Å². The van der Waals surface area contributed by atoms with Crippen LogP contribution >= 0.6 is 27.5 Å². The molecule has 3 nitrogen and oxygen atoms in total. The van der Waals surface area contributed by atoms with Gasteiger partial charge in [0.05, 0.1) is 24.8 Å². The third-order valence-electron chi connectivity index (χ3n) is 2.62. The molecule has 0 bridgehead atoms. The summed E-state index contributed by atoms with van der Waals surface area (Å²) in [6, 6.07) is 3.84. The molecule has 1 aromatic rings. The number of ether oxygens (including phenoxy) is 3. The Morgan fingerprint density at radius 2 is 2.35 bits per heavy atom. The van der Waals surface area contributed by atoms with E-state index in [4.69, 9.17) is 25.8 Å². The molecule has 1 fully saturated rings. The molecule has 5 heteroatoms. The molecule has 0 aliphatic carbocycles. The van der Waals surface area contributed by atoms with Gasteiger partial charge in [-0.15, -0.1) is 11.6 Å². The van der Waals surface area contributed by atoms with Gasteiger partial charge in [0.25, 0.3) is 0 Å². The van der Waals surface area contributed by atoms with Crippen LogP contribution in [0.25, 0.3) is 0 Å². The van der Waals surface area contributed by atoms with Gasteiger partial charge in [-0.1, -0.05) is 0 Å². The van der Waals surface area contributed by atoms with Crippen LogP contribution in [-0.2, 0) is 10.6 Å². The first kappa shape index (κ1) is 13.0. The third kappa shape index (κ3) is 3.06. The molecule has 0 saturated carbocycles. The summed E-state index contributed by atoms with van der Waals surface area (Å²) < 4.78 is 17.4. The Kier molecular flexibility index (Phi) is 4.54. The Balaban J connectivity index is 2.24. The summed E-state index contributed by atoms with van der Waals surface area (Å²) >= 11 is 9.30. The van der Waals surface area contributed by atoms with E-state index in [1.807, 2.05) is 12.1 Å². The van der Waals surface area contributed by atoms with Crippen LogP contribution in [0.2, 0.25) is 0 Å². The molecule has 0 aromatic heterocycles. The van der Waals surface area contributed by atoms with Gasteiger partial charge >= 0.3 is 0 Å². The fourth-order valence-electron chi connectivity index (χ4n) is 1.74. The van der Waals surface area contributed by atoms with Crippen LogP contribution in [0.15, 0.2) is 16.6 Å². The van der Waals surface area contributed by atoms with E-state index in [9.17, 15) is 0 Å². The van der Waals surface area contributed by atoms with Crippen molar-refractivity contribution in [2.24, 2.45) is 0 Å². The quantitative estimate of drug-likeness (QED) is 0.796. The van der Waals surface area contributed by atoms with Gasteiger partial charge in [0.1, 0.15) is 6.10 Å². The SMILES string of the molecule is COc1cc(CCl)cc(Br)c1OC1CCOC1. The molecule has 1 aliphatic rings. The Bertz CT molecular complexity index is 392. The standard InChI is InChI=1S/C12H14BrClO3/c1-15-11-5-8(6-14)4-10(13)12(11)17-9-2-3-16-7-9/h4-5,9H,2-3,6-7H2,1H3. The first-order chi connectivity index (χ1) is 8.24. The number of benzene rings is 1. The number of alkyl halides is 1. The lowest BCUT2D eigenvalue weighted by molar-refractivity contribution is 0.138. The molecule has 2 rings (SSSR count). The summed E-state index contributed by atoms with van der Waals surface area (Å²) in [5.74, 6) is 1.86. The third-order valence-corrected chi connectivity index (χ3v) is 3.51. The second-order valence-corrected chi connectivity index (χ2v) is 4.97. The Labute approximate surface area is 114 Å². The van der Waals surface area contributed by atoms with Gasteiger partial charge in [0.15, 0.2) is 11.5 Å². The van der Waals surface area contributed by atoms with Crippen LogP contribution in [0.1, 0.15) is 12.0 Å². The van der Waals surface area contributed by atoms with Crippen molar-refractivity contribution < 1.29 is 14.2 Å². The summed E-state index contributed by atoms with van der Waals surface area (Å²) in [6.07, 6.45) is 1.01. The first-order valence-electron chi connectivity index (χ1n) is 5.41. The highest BCUT2D eigenvalue weighted by Gasteiger charge is 2.21. The lowest BCUT2D eigenvalue weighted by Gasteiger charge is -2.17. The van der Waals surface area contributed by atoms with Gasteiger partial charge in [-0.3, -0.25) is 0 Å². The van der Waals surface area contributed by atoms with Gasteiger partial charge in [0, 0.05) is 12.3 Å². The molecule has 1 aliphatic heterocycles. The van der Waals surface area contributed by atoms with Crippen LogP contribution in [0.5, 0.6) is 11.5 Å². The zero-order valence-corrected chi connectivity index (χ0v) is 11.9. The van der Waals surface area contributed by atoms with E-state index in [0.29, 0.717) is 18.2 Å². The molecule has 0 radical (unpaired) electrons. The summed E-state index contributed by atoms with van der Waals surface area (Å²) in [6.45, 7) is 1.39. The van der Waals surface area contributed by atoms with E-state index < -0.39 is 0 Å². The molecule has 1 unspecified atom stereocenters. The number of rotatable bonds is 4. The average Bonchev–Trinajstić information content (AvgIpc) is 2.84. The number of methoxy groups -OCH3 is 1. The van der Waals surface area contributed by atoms with Gasteiger partial charge in [-0.25, -0.2) is 0 Å². The fourth-order valence-corrected chi connectivity index (χ4v) is 2.47. The molecule has 1 aromatic carbocycles. The highest BCUT2D eigenvalue weighted by atomic mass is 79.9. The molecule has 17 heavy (non-hydrogen) atoms. The molecule has 0 spiro atoms. The van der Waals surface area contributed by atoms with Crippen molar-refractivity contribution in [1.82, 2.24) is 0 Å².